The third kappa shape index (κ3) is 13.3. The van der Waals surface area contributed by atoms with E-state index in [1.54, 1.807) is 0 Å². The van der Waals surface area contributed by atoms with Crippen LogP contribution in [0.3, 0.4) is 0 Å². The van der Waals surface area contributed by atoms with Gasteiger partial charge in [0.25, 0.3) is 0 Å². The lowest BCUT2D eigenvalue weighted by Gasteiger charge is -2.37. The van der Waals surface area contributed by atoms with Crippen LogP contribution in [0.5, 0.6) is 0 Å². The second-order valence-corrected chi connectivity index (χ2v) is 14.1. The monoisotopic (exact) mass is 387 g/mol. The van der Waals surface area contributed by atoms with E-state index in [9.17, 15) is 0 Å². The average Bonchev–Trinajstić information content (AvgIpc) is 2.52. The van der Waals surface area contributed by atoms with Crippen molar-refractivity contribution < 1.29 is 4.43 Å². The van der Waals surface area contributed by atoms with Gasteiger partial charge in [-0.25, -0.2) is 0 Å². The minimum Gasteiger partial charge on any atom is -0.420 e. The van der Waals surface area contributed by atoms with Crippen LogP contribution < -0.4 is 0 Å². The van der Waals surface area contributed by atoms with Crippen LogP contribution >= 0.6 is 0 Å². The number of hydrogen-bond acceptors (Lipinski definition) is 4. The summed E-state index contributed by atoms with van der Waals surface area (Å²) in [4.78, 5) is 6.99. The van der Waals surface area contributed by atoms with Crippen LogP contribution in [-0.2, 0) is 4.43 Å². The van der Waals surface area contributed by atoms with Gasteiger partial charge in [-0.15, -0.1) is 0 Å². The van der Waals surface area contributed by atoms with Crippen molar-refractivity contribution in [3.05, 3.63) is 0 Å². The first-order valence-corrected chi connectivity index (χ1v) is 13.6. The summed E-state index contributed by atoms with van der Waals surface area (Å²) >= 11 is 0. The van der Waals surface area contributed by atoms with Gasteiger partial charge in [-0.05, 0) is 131 Å². The first kappa shape index (κ1) is 26.1. The van der Waals surface area contributed by atoms with Gasteiger partial charge in [0.15, 0.2) is 8.32 Å². The normalized spacial score (nSPS) is 13.4. The van der Waals surface area contributed by atoms with Crippen molar-refractivity contribution in [2.45, 2.75) is 64.1 Å². The highest BCUT2D eigenvalue weighted by Gasteiger charge is 2.32. The van der Waals surface area contributed by atoms with Gasteiger partial charge in [-0.1, -0.05) is 0 Å². The number of nitrogens with zero attached hydrogens (tertiary/aromatic N) is 3. The first-order chi connectivity index (χ1) is 12.0. The molecule has 0 radical (unpaired) electrons. The molecule has 0 heterocycles. The molecule has 0 spiro atoms. The van der Waals surface area contributed by atoms with Crippen LogP contribution in [0.1, 0.15) is 44.9 Å². The summed E-state index contributed by atoms with van der Waals surface area (Å²) in [7, 11) is 13.6. The molecule has 158 valence electrons. The van der Waals surface area contributed by atoms with Crippen LogP contribution in [0.25, 0.3) is 0 Å². The molecule has 0 saturated heterocycles. The Morgan fingerprint density at radius 3 is 1.27 bits per heavy atom. The van der Waals surface area contributed by atoms with Crippen molar-refractivity contribution in [1.82, 2.24) is 14.7 Å². The molecule has 0 bridgehead atoms. The molecule has 0 amide bonds. The summed E-state index contributed by atoms with van der Waals surface area (Å²) in [5.74, 6) is 0. The average molecular weight is 388 g/mol. The first-order valence-electron chi connectivity index (χ1n) is 10.5. The molecule has 0 fully saturated rings. The van der Waals surface area contributed by atoms with E-state index in [0.29, 0.717) is 5.41 Å². The highest BCUT2D eigenvalue weighted by atomic mass is 28.4. The molecule has 0 aromatic heterocycles. The molecule has 5 heteroatoms. The topological polar surface area (TPSA) is 19.0 Å². The van der Waals surface area contributed by atoms with Crippen molar-refractivity contribution in [2.75, 3.05) is 69.0 Å². The SMILES string of the molecule is CO[Si](C)(C)CCC(CCCN(C)C)(CCCN(C)C)CCCN(C)C. The van der Waals surface area contributed by atoms with Gasteiger partial charge in [0.05, 0.1) is 0 Å². The van der Waals surface area contributed by atoms with Crippen LogP contribution in [0, 0.1) is 5.41 Å². The van der Waals surface area contributed by atoms with E-state index in [2.05, 4.69) is 70.1 Å². The highest BCUT2D eigenvalue weighted by Crippen LogP contribution is 2.41. The smallest absolute Gasteiger partial charge is 0.186 e. The Labute approximate surface area is 166 Å². The van der Waals surface area contributed by atoms with Gasteiger partial charge in [-0.3, -0.25) is 0 Å². The van der Waals surface area contributed by atoms with E-state index in [4.69, 9.17) is 4.43 Å². The van der Waals surface area contributed by atoms with E-state index < -0.39 is 8.32 Å². The van der Waals surface area contributed by atoms with Gasteiger partial charge in [0, 0.05) is 7.11 Å². The third-order valence-electron chi connectivity index (χ3n) is 5.75. The summed E-state index contributed by atoms with van der Waals surface area (Å²) in [6, 6.07) is 1.29. The lowest BCUT2D eigenvalue weighted by Crippen LogP contribution is -2.33. The fraction of sp³-hybridized carbons (Fsp3) is 1.00. The predicted molar refractivity (Wildman–Crippen MR) is 120 cm³/mol. The molecule has 0 aliphatic carbocycles. The lowest BCUT2D eigenvalue weighted by molar-refractivity contribution is 0.169. The predicted octanol–water partition coefficient (Wildman–Crippen LogP) is 4.24. The van der Waals surface area contributed by atoms with Gasteiger partial charge in [-0.2, -0.15) is 0 Å². The Bertz CT molecular complexity index is 310. The number of hydrogen-bond donors (Lipinski definition) is 0. The van der Waals surface area contributed by atoms with Crippen molar-refractivity contribution in [1.29, 1.82) is 0 Å². The van der Waals surface area contributed by atoms with E-state index >= 15 is 0 Å². The van der Waals surface area contributed by atoms with Gasteiger partial charge in [0.1, 0.15) is 0 Å². The van der Waals surface area contributed by atoms with Crippen LogP contribution in [0.4, 0.5) is 0 Å². The molecule has 0 aromatic rings. The van der Waals surface area contributed by atoms with Crippen LogP contribution in [-0.4, -0.2) is 92.0 Å². The lowest BCUT2D eigenvalue weighted by atomic mass is 9.73. The zero-order valence-corrected chi connectivity index (χ0v) is 20.5. The molecule has 0 saturated carbocycles. The highest BCUT2D eigenvalue weighted by molar-refractivity contribution is 6.71. The number of rotatable bonds is 16. The Morgan fingerprint density at radius 2 is 1.00 bits per heavy atom. The summed E-state index contributed by atoms with van der Waals surface area (Å²) < 4.78 is 5.88. The second kappa shape index (κ2) is 13.3. The molecule has 0 unspecified atom stereocenters. The van der Waals surface area contributed by atoms with Gasteiger partial charge < -0.3 is 19.1 Å². The Kier molecular flexibility index (Phi) is 13.3. The fourth-order valence-electron chi connectivity index (χ4n) is 3.73. The summed E-state index contributed by atoms with van der Waals surface area (Å²) in [5, 5.41) is 0. The van der Waals surface area contributed by atoms with E-state index in [1.165, 1.54) is 70.6 Å². The molecule has 0 aliphatic heterocycles. The zero-order valence-electron chi connectivity index (χ0n) is 19.5. The van der Waals surface area contributed by atoms with E-state index in [1.807, 2.05) is 7.11 Å². The Hall–Kier alpha value is 0.0569. The summed E-state index contributed by atoms with van der Waals surface area (Å²) in [6.07, 6.45) is 9.36. The van der Waals surface area contributed by atoms with Crippen LogP contribution in [0.15, 0.2) is 0 Å². The molecule has 26 heavy (non-hydrogen) atoms. The third-order valence-corrected chi connectivity index (χ3v) is 8.31. The van der Waals surface area contributed by atoms with Crippen LogP contribution in [0.2, 0.25) is 19.1 Å². The van der Waals surface area contributed by atoms with Crippen molar-refractivity contribution in [3.8, 4) is 0 Å². The Balaban J connectivity index is 5.07. The summed E-state index contributed by atoms with van der Waals surface area (Å²) in [5.41, 5.74) is 0.491. The summed E-state index contributed by atoms with van der Waals surface area (Å²) in [6.45, 7) is 8.35. The molecule has 0 aliphatic rings. The minimum absolute atomic E-state index is 0.491. The molecule has 4 nitrogen and oxygen atoms in total. The largest absolute Gasteiger partial charge is 0.420 e. The quantitative estimate of drug-likeness (QED) is 0.369. The van der Waals surface area contributed by atoms with Gasteiger partial charge in [0.2, 0.25) is 0 Å². The molecular formula is C21H49N3OSi. The zero-order chi connectivity index (χ0) is 20.2. The molecule has 0 atom stereocenters. The van der Waals surface area contributed by atoms with Crippen molar-refractivity contribution in [3.63, 3.8) is 0 Å². The van der Waals surface area contributed by atoms with Gasteiger partial charge >= 0.3 is 0 Å². The van der Waals surface area contributed by atoms with E-state index in [-0.39, 0.29) is 0 Å². The minimum atomic E-state index is -1.50. The Morgan fingerprint density at radius 1 is 0.654 bits per heavy atom. The second-order valence-electron chi connectivity index (χ2n) is 9.68. The standard InChI is InChI=1S/C21H49N3OSi/c1-22(2)17-10-13-21(14-11-18-23(3)4,15-12-19-24(5)6)16-20-26(8,9)25-7/h10-20H2,1-9H3. The maximum absolute atomic E-state index is 5.88. The molecule has 0 aromatic carbocycles. The molecular weight excluding hydrogens is 338 g/mol. The molecule has 0 rings (SSSR count). The maximum Gasteiger partial charge on any atom is 0.186 e. The van der Waals surface area contributed by atoms with E-state index in [0.717, 1.165) is 0 Å². The maximum atomic E-state index is 5.88. The van der Waals surface area contributed by atoms with Crippen molar-refractivity contribution >= 4 is 8.32 Å². The fourth-order valence-corrected chi connectivity index (χ4v) is 5.07. The van der Waals surface area contributed by atoms with Crippen molar-refractivity contribution in [2.24, 2.45) is 5.41 Å². The molecule has 0 N–H and O–H groups in total.